The Hall–Kier alpha value is -3.26. The maximum Gasteiger partial charge on any atom is 0.404 e. The van der Waals surface area contributed by atoms with Gasteiger partial charge in [-0.25, -0.2) is 4.79 Å². The molecular formula is C21H24N6O2. The molecule has 0 saturated heterocycles. The first kappa shape index (κ1) is 19.1. The van der Waals surface area contributed by atoms with Crippen LogP contribution in [0.4, 0.5) is 4.79 Å². The van der Waals surface area contributed by atoms with E-state index in [1.165, 1.54) is 5.57 Å². The topological polar surface area (TPSA) is 126 Å². The largest absolute Gasteiger partial charge is 0.465 e. The molecule has 1 aliphatic heterocycles. The van der Waals surface area contributed by atoms with E-state index in [0.29, 0.717) is 19.3 Å². The predicted octanol–water partition coefficient (Wildman–Crippen LogP) is 2.35. The summed E-state index contributed by atoms with van der Waals surface area (Å²) in [7, 11) is 0. The Balaban J connectivity index is 1.72. The minimum atomic E-state index is -1.04. The Morgan fingerprint density at radius 2 is 1.79 bits per heavy atom. The number of fused-ring (bicyclic) bond motifs is 1. The van der Waals surface area contributed by atoms with E-state index in [1.54, 1.807) is 12.4 Å². The lowest BCUT2D eigenvalue weighted by molar-refractivity contribution is 0.185. The monoisotopic (exact) mass is 392 g/mol. The Bertz CT molecular complexity index is 929. The number of aromatic nitrogens is 2. The lowest BCUT2D eigenvalue weighted by atomic mass is 9.78. The molecule has 3 atom stereocenters. The Kier molecular flexibility index (Phi) is 5.53. The van der Waals surface area contributed by atoms with Crippen molar-refractivity contribution in [3.63, 3.8) is 0 Å². The number of carbonyl (C=O) groups is 1. The quantitative estimate of drug-likeness (QED) is 0.635. The number of rotatable bonds is 3. The molecule has 1 saturated carbocycles. The summed E-state index contributed by atoms with van der Waals surface area (Å²) in [5.74, 6) is 0.0555. The number of hydrogen-bond acceptors (Lipinski definition) is 6. The second-order valence-corrected chi connectivity index (χ2v) is 7.33. The highest BCUT2D eigenvalue weighted by Gasteiger charge is 2.34. The van der Waals surface area contributed by atoms with Crippen LogP contribution < -0.4 is 16.5 Å². The maximum absolute atomic E-state index is 11.2. The van der Waals surface area contributed by atoms with Gasteiger partial charge in [-0.1, -0.05) is 12.1 Å². The zero-order valence-corrected chi connectivity index (χ0v) is 16.0. The van der Waals surface area contributed by atoms with Crippen LogP contribution in [0.3, 0.4) is 0 Å². The van der Waals surface area contributed by atoms with Gasteiger partial charge in [-0.05, 0) is 55.5 Å². The molecule has 0 aromatic carbocycles. The van der Waals surface area contributed by atoms with E-state index >= 15 is 0 Å². The molecule has 8 nitrogen and oxygen atoms in total. The van der Waals surface area contributed by atoms with Gasteiger partial charge in [0, 0.05) is 30.4 Å². The average molecular weight is 392 g/mol. The lowest BCUT2D eigenvalue weighted by Gasteiger charge is -2.34. The van der Waals surface area contributed by atoms with Crippen molar-refractivity contribution in [2.45, 2.75) is 37.8 Å². The van der Waals surface area contributed by atoms with Crippen molar-refractivity contribution in [1.29, 1.82) is 0 Å². The van der Waals surface area contributed by atoms with Crippen molar-refractivity contribution in [1.82, 2.24) is 20.7 Å². The van der Waals surface area contributed by atoms with E-state index in [-0.39, 0.29) is 18.0 Å². The highest BCUT2D eigenvalue weighted by atomic mass is 16.4. The molecule has 0 bridgehead atoms. The lowest BCUT2D eigenvalue weighted by Crippen LogP contribution is -2.48. The molecule has 0 spiro atoms. The third kappa shape index (κ3) is 4.12. The van der Waals surface area contributed by atoms with Crippen molar-refractivity contribution in [2.75, 3.05) is 0 Å². The van der Waals surface area contributed by atoms with Crippen LogP contribution in [-0.2, 0) is 0 Å². The fraction of sp³-hybridized carbons (Fsp3) is 0.333. The second-order valence-electron chi connectivity index (χ2n) is 7.33. The molecule has 1 amide bonds. The van der Waals surface area contributed by atoms with Crippen LogP contribution in [0.1, 0.15) is 37.1 Å². The number of pyridine rings is 2. The molecule has 150 valence electrons. The summed E-state index contributed by atoms with van der Waals surface area (Å²) in [5, 5.41) is 16.4. The zero-order valence-electron chi connectivity index (χ0n) is 16.0. The van der Waals surface area contributed by atoms with Gasteiger partial charge in [-0.15, -0.1) is 0 Å². The van der Waals surface area contributed by atoms with Crippen LogP contribution in [0.25, 0.3) is 5.70 Å². The summed E-state index contributed by atoms with van der Waals surface area (Å²) in [4.78, 5) is 20.2. The van der Waals surface area contributed by atoms with Gasteiger partial charge in [0.2, 0.25) is 0 Å². The highest BCUT2D eigenvalue weighted by molar-refractivity contribution is 6.04. The molecular weight excluding hydrogens is 368 g/mol. The van der Waals surface area contributed by atoms with Crippen LogP contribution in [0, 0.1) is 5.92 Å². The summed E-state index contributed by atoms with van der Waals surface area (Å²) in [5.41, 5.74) is 14.1. The van der Waals surface area contributed by atoms with Gasteiger partial charge in [0.05, 0.1) is 22.8 Å². The minimum absolute atomic E-state index is 0.0555. The van der Waals surface area contributed by atoms with Crippen molar-refractivity contribution in [3.8, 4) is 0 Å². The predicted molar refractivity (Wildman–Crippen MR) is 110 cm³/mol. The average Bonchev–Trinajstić information content (AvgIpc) is 2.74. The first-order valence-corrected chi connectivity index (χ1v) is 9.78. The first-order chi connectivity index (χ1) is 14.1. The Morgan fingerprint density at radius 1 is 1.07 bits per heavy atom. The SMILES string of the molecule is N[C@@H]1CCC2C(c3ccccn3)=NNC(c3ccccn3)=C2CC[C@@H]1NC(=O)O. The molecule has 1 unspecified atom stereocenters. The third-order valence-electron chi connectivity index (χ3n) is 5.55. The smallest absolute Gasteiger partial charge is 0.404 e. The van der Waals surface area contributed by atoms with Gasteiger partial charge >= 0.3 is 6.09 Å². The Morgan fingerprint density at radius 3 is 2.45 bits per heavy atom. The molecule has 29 heavy (non-hydrogen) atoms. The molecule has 2 aromatic rings. The number of allylic oxidation sites excluding steroid dienone is 1. The van der Waals surface area contributed by atoms with E-state index in [9.17, 15) is 9.90 Å². The number of nitrogens with zero attached hydrogens (tertiary/aromatic N) is 3. The van der Waals surface area contributed by atoms with E-state index in [2.05, 4.69) is 25.8 Å². The van der Waals surface area contributed by atoms with Crippen molar-refractivity contribution in [3.05, 3.63) is 65.8 Å². The number of carboxylic acid groups (broad SMARTS) is 1. The summed E-state index contributed by atoms with van der Waals surface area (Å²) in [6.07, 6.45) is 5.23. The number of nitrogens with two attached hydrogens (primary N) is 1. The summed E-state index contributed by atoms with van der Waals surface area (Å²) in [6.45, 7) is 0. The van der Waals surface area contributed by atoms with E-state index in [1.807, 2.05) is 36.4 Å². The van der Waals surface area contributed by atoms with Crippen LogP contribution >= 0.6 is 0 Å². The van der Waals surface area contributed by atoms with Gasteiger partial charge < -0.3 is 16.2 Å². The molecule has 2 aromatic heterocycles. The van der Waals surface area contributed by atoms with E-state index < -0.39 is 6.09 Å². The number of amides is 1. The van der Waals surface area contributed by atoms with Gasteiger partial charge in [-0.3, -0.25) is 15.4 Å². The zero-order chi connectivity index (χ0) is 20.2. The fourth-order valence-electron chi connectivity index (χ4n) is 4.12. The third-order valence-corrected chi connectivity index (χ3v) is 5.55. The molecule has 4 rings (SSSR count). The normalized spacial score (nSPS) is 24.4. The maximum atomic E-state index is 11.2. The van der Waals surface area contributed by atoms with E-state index in [4.69, 9.17) is 5.73 Å². The minimum Gasteiger partial charge on any atom is -0.465 e. The fourth-order valence-corrected chi connectivity index (χ4v) is 4.12. The Labute approximate surface area is 169 Å². The van der Waals surface area contributed by atoms with Crippen molar-refractivity contribution < 1.29 is 9.90 Å². The second kappa shape index (κ2) is 8.40. The molecule has 3 heterocycles. The molecule has 1 fully saturated rings. The van der Waals surface area contributed by atoms with Gasteiger partial charge in [0.25, 0.3) is 0 Å². The number of hydrazone groups is 1. The molecule has 1 aliphatic carbocycles. The highest BCUT2D eigenvalue weighted by Crippen LogP contribution is 2.36. The van der Waals surface area contributed by atoms with Crippen molar-refractivity contribution >= 4 is 17.5 Å². The van der Waals surface area contributed by atoms with E-state index in [0.717, 1.165) is 29.2 Å². The first-order valence-electron chi connectivity index (χ1n) is 9.78. The molecule has 5 N–H and O–H groups in total. The van der Waals surface area contributed by atoms with Crippen LogP contribution in [0.5, 0.6) is 0 Å². The summed E-state index contributed by atoms with van der Waals surface area (Å²) < 4.78 is 0. The number of hydrogen-bond donors (Lipinski definition) is 4. The molecule has 0 radical (unpaired) electrons. The van der Waals surface area contributed by atoms with Crippen molar-refractivity contribution in [2.24, 2.45) is 16.8 Å². The summed E-state index contributed by atoms with van der Waals surface area (Å²) in [6, 6.07) is 11.0. The summed E-state index contributed by atoms with van der Waals surface area (Å²) >= 11 is 0. The van der Waals surface area contributed by atoms with Crippen LogP contribution in [0.15, 0.2) is 59.5 Å². The van der Waals surface area contributed by atoms with Gasteiger partial charge in [0.15, 0.2) is 0 Å². The number of nitrogens with one attached hydrogen (secondary N) is 2. The van der Waals surface area contributed by atoms with Gasteiger partial charge in [0.1, 0.15) is 0 Å². The van der Waals surface area contributed by atoms with Crippen LogP contribution in [-0.4, -0.2) is 39.0 Å². The van der Waals surface area contributed by atoms with Crippen LogP contribution in [0.2, 0.25) is 0 Å². The molecule has 2 aliphatic rings. The standard InChI is InChI=1S/C21H24N6O2/c22-15-9-7-13-14(8-10-16(15)25-21(28)29)20(18-6-2-4-12-24-18)27-26-19(13)17-5-1-3-11-23-17/h1-6,11-13,15-16,25,27H,7-10,22H2,(H,28,29)/t13?,15-,16+/m1/s1. The van der Waals surface area contributed by atoms with Gasteiger partial charge in [-0.2, -0.15) is 5.10 Å². The molecule has 8 heteroatoms.